The third kappa shape index (κ3) is 4.23. The molecule has 4 bridgehead atoms. The van der Waals surface area contributed by atoms with Crippen molar-refractivity contribution in [3.63, 3.8) is 0 Å². The van der Waals surface area contributed by atoms with E-state index in [2.05, 4.69) is 179 Å². The Kier molecular flexibility index (Phi) is 6.55. The normalized spacial score (nSPS) is 23.3. The van der Waals surface area contributed by atoms with Crippen LogP contribution in [0.5, 0.6) is 0 Å². The molecule has 0 atom stereocenters. The average molecular weight is 695 g/mol. The first-order valence-electron chi connectivity index (χ1n) is 20.0. The first-order valence-corrected chi connectivity index (χ1v) is 20.0. The van der Waals surface area contributed by atoms with Gasteiger partial charge >= 0.3 is 0 Å². The number of anilines is 3. The smallest absolute Gasteiger partial charge is 0.0541 e. The van der Waals surface area contributed by atoms with Gasteiger partial charge in [-0.05, 0) is 132 Å². The molecule has 2 nitrogen and oxygen atoms in total. The lowest BCUT2D eigenvalue weighted by atomic mass is 9.43. The zero-order valence-electron chi connectivity index (χ0n) is 30.4. The third-order valence-corrected chi connectivity index (χ3v) is 14.0. The van der Waals surface area contributed by atoms with Crippen LogP contribution in [0, 0.1) is 23.7 Å². The molecule has 7 aromatic carbocycles. The van der Waals surface area contributed by atoms with E-state index in [1.165, 1.54) is 87.5 Å². The van der Waals surface area contributed by atoms with Crippen LogP contribution in [-0.2, 0) is 5.41 Å². The van der Waals surface area contributed by atoms with Gasteiger partial charge in [-0.25, -0.2) is 0 Å². The van der Waals surface area contributed by atoms with E-state index >= 15 is 0 Å². The molecule has 1 aromatic heterocycles. The lowest BCUT2D eigenvalue weighted by Gasteiger charge is -2.61. The van der Waals surface area contributed by atoms with Gasteiger partial charge in [-0.15, -0.1) is 0 Å². The van der Waals surface area contributed by atoms with Gasteiger partial charge in [-0.3, -0.25) is 0 Å². The minimum Gasteiger partial charge on any atom is -0.310 e. The van der Waals surface area contributed by atoms with E-state index in [4.69, 9.17) is 0 Å². The van der Waals surface area contributed by atoms with Gasteiger partial charge in [0, 0.05) is 38.8 Å². The quantitative estimate of drug-likeness (QED) is 0.174. The second-order valence-corrected chi connectivity index (χ2v) is 16.6. The minimum atomic E-state index is 0.102. The van der Waals surface area contributed by atoms with Crippen molar-refractivity contribution in [2.24, 2.45) is 23.7 Å². The van der Waals surface area contributed by atoms with E-state index in [0.717, 1.165) is 35.0 Å². The van der Waals surface area contributed by atoms with Gasteiger partial charge < -0.3 is 9.47 Å². The predicted octanol–water partition coefficient (Wildman–Crippen LogP) is 13.6. The highest BCUT2D eigenvalue weighted by atomic mass is 15.1. The lowest BCUT2D eigenvalue weighted by Crippen LogP contribution is -2.55. The van der Waals surface area contributed by atoms with Crippen molar-refractivity contribution in [1.82, 2.24) is 4.57 Å². The van der Waals surface area contributed by atoms with Gasteiger partial charge in [0.05, 0.1) is 16.7 Å². The number of aromatic nitrogens is 1. The van der Waals surface area contributed by atoms with Crippen molar-refractivity contribution >= 4 is 38.9 Å². The molecule has 4 fully saturated rings. The maximum atomic E-state index is 2.63. The lowest BCUT2D eigenvalue weighted by molar-refractivity contribution is -0.0399. The summed E-state index contributed by atoms with van der Waals surface area (Å²) < 4.78 is 2.44. The molecule has 0 N–H and O–H groups in total. The largest absolute Gasteiger partial charge is 0.310 e. The summed E-state index contributed by atoms with van der Waals surface area (Å²) in [4.78, 5) is 2.55. The highest BCUT2D eigenvalue weighted by Gasteiger charge is 2.61. The third-order valence-electron chi connectivity index (χ3n) is 14.0. The van der Waals surface area contributed by atoms with E-state index in [1.807, 2.05) is 0 Å². The Morgan fingerprint density at radius 1 is 0.444 bits per heavy atom. The molecule has 13 rings (SSSR count). The van der Waals surface area contributed by atoms with Gasteiger partial charge in [0.1, 0.15) is 0 Å². The first-order chi connectivity index (χ1) is 26.8. The van der Waals surface area contributed by atoms with Crippen LogP contribution in [-0.4, -0.2) is 4.57 Å². The summed E-state index contributed by atoms with van der Waals surface area (Å²) in [6, 6.07) is 63.7. The SMILES string of the molecule is c1ccc(-c2ccccc2N(c2cccc(-n3c4ccccc4c4ccccc43)c2)c2ccc3c(c2)C2(c4ccccc4-3)C3CC4CC(C3)CC2C4)cc1. The van der Waals surface area contributed by atoms with Gasteiger partial charge in [-0.2, -0.15) is 0 Å². The Morgan fingerprint density at radius 2 is 1.04 bits per heavy atom. The molecule has 0 aliphatic heterocycles. The number of nitrogens with zero attached hydrogens (tertiary/aromatic N) is 2. The molecule has 5 aliphatic carbocycles. The van der Waals surface area contributed by atoms with Crippen molar-refractivity contribution in [2.75, 3.05) is 4.90 Å². The standard InChI is InChI=1S/C52H42N2/c1-2-13-36(14-3-1)42-17-5-9-22-49(42)53(39-15-12-16-40(32-39)54-50-23-10-6-19-45(50)46-20-7-11-24-51(46)54)41-25-26-44-43-18-4-8-21-47(43)52(48(44)33-41)37-28-34-27-35(30-37)31-38(52)29-34/h1-26,32-35,37-38H,27-31H2. The second-order valence-electron chi connectivity index (χ2n) is 16.6. The Morgan fingerprint density at radius 3 is 1.78 bits per heavy atom. The molecule has 5 aliphatic rings. The van der Waals surface area contributed by atoms with Crippen LogP contribution in [0.4, 0.5) is 17.1 Å². The van der Waals surface area contributed by atoms with Crippen molar-refractivity contribution in [1.29, 1.82) is 0 Å². The van der Waals surface area contributed by atoms with Crippen molar-refractivity contribution in [3.8, 4) is 27.9 Å². The highest BCUT2D eigenvalue weighted by molar-refractivity contribution is 6.09. The van der Waals surface area contributed by atoms with E-state index in [9.17, 15) is 0 Å². The molecular weight excluding hydrogens is 653 g/mol. The minimum absolute atomic E-state index is 0.102. The molecule has 4 saturated carbocycles. The summed E-state index contributed by atoms with van der Waals surface area (Å²) in [5.41, 5.74) is 15.9. The van der Waals surface area contributed by atoms with Crippen molar-refractivity contribution in [3.05, 3.63) is 181 Å². The van der Waals surface area contributed by atoms with E-state index in [0.29, 0.717) is 0 Å². The molecule has 0 radical (unpaired) electrons. The number of fused-ring (bicyclic) bond motifs is 6. The van der Waals surface area contributed by atoms with E-state index in [-0.39, 0.29) is 5.41 Å². The maximum absolute atomic E-state index is 2.63. The summed E-state index contributed by atoms with van der Waals surface area (Å²) in [5, 5.41) is 2.56. The Balaban J connectivity index is 1.10. The van der Waals surface area contributed by atoms with Gasteiger partial charge in [0.15, 0.2) is 0 Å². The van der Waals surface area contributed by atoms with Crippen LogP contribution < -0.4 is 4.90 Å². The van der Waals surface area contributed by atoms with Crippen LogP contribution in [0.1, 0.15) is 43.2 Å². The summed E-state index contributed by atoms with van der Waals surface area (Å²) in [6.45, 7) is 0. The average Bonchev–Trinajstić information content (AvgIpc) is 3.71. The predicted molar refractivity (Wildman–Crippen MR) is 224 cm³/mol. The fourth-order valence-corrected chi connectivity index (χ4v) is 12.2. The van der Waals surface area contributed by atoms with Gasteiger partial charge in [-0.1, -0.05) is 121 Å². The zero-order chi connectivity index (χ0) is 35.4. The molecule has 1 heterocycles. The maximum Gasteiger partial charge on any atom is 0.0541 e. The number of benzene rings is 7. The summed E-state index contributed by atoms with van der Waals surface area (Å²) in [5.74, 6) is 3.26. The fourth-order valence-electron chi connectivity index (χ4n) is 12.2. The molecule has 8 aromatic rings. The Labute approximate surface area is 317 Å². The zero-order valence-corrected chi connectivity index (χ0v) is 30.4. The Hall–Kier alpha value is -5.86. The molecule has 0 saturated heterocycles. The number of hydrogen-bond acceptors (Lipinski definition) is 1. The fraction of sp³-hybridized carbons (Fsp3) is 0.192. The Bertz CT molecular complexity index is 2670. The van der Waals surface area contributed by atoms with Crippen LogP contribution in [0.15, 0.2) is 170 Å². The van der Waals surface area contributed by atoms with Crippen molar-refractivity contribution < 1.29 is 0 Å². The van der Waals surface area contributed by atoms with Crippen LogP contribution in [0.25, 0.3) is 49.7 Å². The molecular formula is C52H42N2. The second kappa shape index (κ2) is 11.6. The first kappa shape index (κ1) is 30.6. The summed E-state index contributed by atoms with van der Waals surface area (Å²) in [7, 11) is 0. The monoisotopic (exact) mass is 694 g/mol. The molecule has 54 heavy (non-hydrogen) atoms. The molecule has 0 amide bonds. The van der Waals surface area contributed by atoms with Crippen LogP contribution in [0.3, 0.4) is 0 Å². The topological polar surface area (TPSA) is 8.17 Å². The summed E-state index contributed by atoms with van der Waals surface area (Å²) in [6.07, 6.45) is 6.99. The van der Waals surface area contributed by atoms with Gasteiger partial charge in [0.2, 0.25) is 0 Å². The summed E-state index contributed by atoms with van der Waals surface area (Å²) >= 11 is 0. The van der Waals surface area contributed by atoms with Gasteiger partial charge in [0.25, 0.3) is 0 Å². The molecule has 0 unspecified atom stereocenters. The van der Waals surface area contributed by atoms with Crippen molar-refractivity contribution in [2.45, 2.75) is 37.5 Å². The van der Waals surface area contributed by atoms with E-state index in [1.54, 1.807) is 11.1 Å². The van der Waals surface area contributed by atoms with Crippen LogP contribution >= 0.6 is 0 Å². The molecule has 2 heteroatoms. The molecule has 1 spiro atoms. The number of rotatable bonds is 5. The highest BCUT2D eigenvalue weighted by Crippen LogP contribution is 2.69. The number of hydrogen-bond donors (Lipinski definition) is 0. The molecule has 260 valence electrons. The number of para-hydroxylation sites is 3. The van der Waals surface area contributed by atoms with Crippen LogP contribution in [0.2, 0.25) is 0 Å². The van der Waals surface area contributed by atoms with E-state index < -0.39 is 0 Å².